The zero-order valence-electron chi connectivity index (χ0n) is 11.3. The Morgan fingerprint density at radius 2 is 2.21 bits per heavy atom. The molecule has 0 saturated heterocycles. The first-order valence-electron chi connectivity index (χ1n) is 6.19. The highest BCUT2D eigenvalue weighted by Gasteiger charge is 2.17. The van der Waals surface area contributed by atoms with E-state index in [1.165, 1.54) is 6.20 Å². The van der Waals surface area contributed by atoms with Crippen LogP contribution in [0, 0.1) is 6.92 Å². The maximum atomic E-state index is 12.1. The predicted octanol–water partition coefficient (Wildman–Crippen LogP) is 1.40. The van der Waals surface area contributed by atoms with E-state index < -0.39 is 0 Å². The van der Waals surface area contributed by atoms with Gasteiger partial charge in [-0.05, 0) is 19.4 Å². The normalized spacial score (nSPS) is 12.2. The van der Waals surface area contributed by atoms with E-state index in [0.29, 0.717) is 5.69 Å². The van der Waals surface area contributed by atoms with E-state index in [1.807, 2.05) is 27.0 Å². The Hall–Kier alpha value is -2.24. The first-order chi connectivity index (χ1) is 9.11. The van der Waals surface area contributed by atoms with E-state index in [4.69, 9.17) is 0 Å². The molecule has 0 aromatic carbocycles. The van der Waals surface area contributed by atoms with E-state index >= 15 is 0 Å². The van der Waals surface area contributed by atoms with Crippen molar-refractivity contribution in [2.24, 2.45) is 7.05 Å². The summed E-state index contributed by atoms with van der Waals surface area (Å²) in [6, 6.07) is 1.82. The highest BCUT2D eigenvalue weighted by atomic mass is 16.1. The van der Waals surface area contributed by atoms with Crippen molar-refractivity contribution in [1.82, 2.24) is 25.1 Å². The minimum atomic E-state index is -0.222. The van der Waals surface area contributed by atoms with Crippen LogP contribution >= 0.6 is 0 Å². The second kappa shape index (κ2) is 5.60. The van der Waals surface area contributed by atoms with E-state index in [0.717, 1.165) is 17.8 Å². The van der Waals surface area contributed by atoms with Crippen molar-refractivity contribution in [2.75, 3.05) is 0 Å². The minimum Gasteiger partial charge on any atom is -0.342 e. The van der Waals surface area contributed by atoms with Crippen molar-refractivity contribution in [3.05, 3.63) is 41.7 Å². The van der Waals surface area contributed by atoms with Crippen molar-refractivity contribution >= 4 is 5.91 Å². The molecule has 2 aromatic heterocycles. The molecule has 100 valence electrons. The van der Waals surface area contributed by atoms with Gasteiger partial charge in [0.25, 0.3) is 5.91 Å². The third kappa shape index (κ3) is 2.96. The number of rotatable bonds is 4. The Labute approximate surface area is 111 Å². The molecule has 2 rings (SSSR count). The number of carbonyl (C=O) groups is 1. The fraction of sp³-hybridized carbons (Fsp3) is 0.385. The van der Waals surface area contributed by atoms with Crippen molar-refractivity contribution in [1.29, 1.82) is 0 Å². The van der Waals surface area contributed by atoms with Crippen LogP contribution in [0.25, 0.3) is 0 Å². The second-order valence-electron chi connectivity index (χ2n) is 4.36. The Morgan fingerprint density at radius 3 is 2.74 bits per heavy atom. The van der Waals surface area contributed by atoms with Gasteiger partial charge in [-0.3, -0.25) is 14.5 Å². The zero-order chi connectivity index (χ0) is 13.8. The van der Waals surface area contributed by atoms with Crippen molar-refractivity contribution in [3.8, 4) is 0 Å². The summed E-state index contributed by atoms with van der Waals surface area (Å²) in [6.45, 7) is 3.85. The lowest BCUT2D eigenvalue weighted by Gasteiger charge is -2.16. The Balaban J connectivity index is 2.13. The molecular weight excluding hydrogens is 242 g/mol. The maximum Gasteiger partial charge on any atom is 0.272 e. The third-order valence-electron chi connectivity index (χ3n) is 2.94. The lowest BCUT2D eigenvalue weighted by atomic mass is 10.1. The summed E-state index contributed by atoms with van der Waals surface area (Å²) in [7, 11) is 1.86. The van der Waals surface area contributed by atoms with Gasteiger partial charge in [0.15, 0.2) is 0 Å². The van der Waals surface area contributed by atoms with Gasteiger partial charge in [0, 0.05) is 19.4 Å². The van der Waals surface area contributed by atoms with Crippen LogP contribution in [0.3, 0.4) is 0 Å². The zero-order valence-corrected chi connectivity index (χ0v) is 11.3. The summed E-state index contributed by atoms with van der Waals surface area (Å²) in [6.07, 6.45) is 5.57. The van der Waals surface area contributed by atoms with Gasteiger partial charge in [0.05, 0.1) is 23.6 Å². The largest absolute Gasteiger partial charge is 0.342 e. The molecule has 1 amide bonds. The quantitative estimate of drug-likeness (QED) is 0.900. The van der Waals surface area contributed by atoms with E-state index in [1.54, 1.807) is 17.1 Å². The van der Waals surface area contributed by atoms with E-state index in [2.05, 4.69) is 20.4 Å². The first-order valence-corrected chi connectivity index (χ1v) is 6.19. The summed E-state index contributed by atoms with van der Waals surface area (Å²) >= 11 is 0. The van der Waals surface area contributed by atoms with Crippen LogP contribution in [0.2, 0.25) is 0 Å². The van der Waals surface area contributed by atoms with Crippen LogP contribution in [0.5, 0.6) is 0 Å². The summed E-state index contributed by atoms with van der Waals surface area (Å²) in [5, 5.41) is 7.06. The molecular formula is C13H17N5O. The molecule has 6 nitrogen and oxygen atoms in total. The molecule has 0 saturated carbocycles. The van der Waals surface area contributed by atoms with Gasteiger partial charge >= 0.3 is 0 Å². The molecule has 0 unspecified atom stereocenters. The van der Waals surface area contributed by atoms with Crippen molar-refractivity contribution in [2.45, 2.75) is 26.3 Å². The Bertz CT molecular complexity index is 561. The molecule has 2 aromatic rings. The lowest BCUT2D eigenvalue weighted by molar-refractivity contribution is 0.0928. The summed E-state index contributed by atoms with van der Waals surface area (Å²) in [5.74, 6) is -0.222. The van der Waals surface area contributed by atoms with Crippen LogP contribution in [-0.4, -0.2) is 25.7 Å². The van der Waals surface area contributed by atoms with Gasteiger partial charge in [0.1, 0.15) is 5.69 Å². The number of aromatic nitrogens is 4. The van der Waals surface area contributed by atoms with Gasteiger partial charge in [0.2, 0.25) is 0 Å². The number of nitrogens with zero attached hydrogens (tertiary/aromatic N) is 4. The van der Waals surface area contributed by atoms with E-state index in [-0.39, 0.29) is 11.9 Å². The molecule has 0 fully saturated rings. The highest BCUT2D eigenvalue weighted by molar-refractivity contribution is 5.92. The number of carbonyl (C=O) groups excluding carboxylic acids is 1. The Kier molecular flexibility index (Phi) is 3.89. The van der Waals surface area contributed by atoms with Gasteiger partial charge in [-0.15, -0.1) is 0 Å². The molecule has 1 N–H and O–H groups in total. The van der Waals surface area contributed by atoms with Crippen LogP contribution in [0.4, 0.5) is 0 Å². The number of amides is 1. The van der Waals surface area contributed by atoms with Crippen molar-refractivity contribution < 1.29 is 4.79 Å². The van der Waals surface area contributed by atoms with Crippen LogP contribution < -0.4 is 5.32 Å². The van der Waals surface area contributed by atoms with E-state index in [9.17, 15) is 4.79 Å². The number of hydrogen-bond acceptors (Lipinski definition) is 4. The van der Waals surface area contributed by atoms with Gasteiger partial charge in [-0.2, -0.15) is 5.10 Å². The average molecular weight is 259 g/mol. The molecule has 0 radical (unpaired) electrons. The number of hydrogen-bond donors (Lipinski definition) is 1. The van der Waals surface area contributed by atoms with Gasteiger partial charge < -0.3 is 5.32 Å². The molecule has 0 bridgehead atoms. The molecule has 0 spiro atoms. The topological polar surface area (TPSA) is 72.7 Å². The second-order valence-corrected chi connectivity index (χ2v) is 4.36. The molecule has 19 heavy (non-hydrogen) atoms. The molecule has 2 heterocycles. The van der Waals surface area contributed by atoms with Crippen molar-refractivity contribution in [3.63, 3.8) is 0 Å². The maximum absolute atomic E-state index is 12.1. The molecule has 0 aliphatic heterocycles. The number of nitrogens with one attached hydrogen (secondary N) is 1. The molecule has 0 aliphatic carbocycles. The van der Waals surface area contributed by atoms with Gasteiger partial charge in [-0.25, -0.2) is 4.98 Å². The smallest absolute Gasteiger partial charge is 0.272 e. The fourth-order valence-electron chi connectivity index (χ4n) is 1.85. The molecule has 0 aliphatic rings. The first kappa shape index (κ1) is 13.2. The molecule has 1 atom stereocenters. The standard InChI is InChI=1S/C13H17N5O/c1-4-10(12-5-6-16-18(12)3)17-13(19)11-8-14-9(2)7-15-11/h5-8,10H,4H2,1-3H3,(H,17,19)/t10-/m0/s1. The highest BCUT2D eigenvalue weighted by Crippen LogP contribution is 2.15. The van der Waals surface area contributed by atoms with Crippen LogP contribution in [0.1, 0.15) is 41.3 Å². The fourth-order valence-corrected chi connectivity index (χ4v) is 1.85. The van der Waals surface area contributed by atoms with Gasteiger partial charge in [-0.1, -0.05) is 6.92 Å². The minimum absolute atomic E-state index is 0.0805. The summed E-state index contributed by atoms with van der Waals surface area (Å²) in [5.41, 5.74) is 2.08. The summed E-state index contributed by atoms with van der Waals surface area (Å²) in [4.78, 5) is 20.2. The number of aryl methyl sites for hydroxylation is 2. The predicted molar refractivity (Wildman–Crippen MR) is 70.5 cm³/mol. The Morgan fingerprint density at radius 1 is 1.42 bits per heavy atom. The lowest BCUT2D eigenvalue weighted by Crippen LogP contribution is -2.30. The van der Waals surface area contributed by atoms with Crippen LogP contribution in [0.15, 0.2) is 24.7 Å². The molecule has 6 heteroatoms. The SMILES string of the molecule is CC[C@H](NC(=O)c1cnc(C)cn1)c1ccnn1C. The van der Waals surface area contributed by atoms with Crippen LogP contribution in [-0.2, 0) is 7.05 Å². The average Bonchev–Trinajstić information content (AvgIpc) is 2.83. The summed E-state index contributed by atoms with van der Waals surface area (Å²) < 4.78 is 1.76. The monoisotopic (exact) mass is 259 g/mol. The third-order valence-corrected chi connectivity index (χ3v) is 2.94.